The second-order valence-electron chi connectivity index (χ2n) is 10.5. The van der Waals surface area contributed by atoms with Crippen molar-refractivity contribution < 1.29 is 33.0 Å². The summed E-state index contributed by atoms with van der Waals surface area (Å²) in [6.45, 7) is 9.77. The van der Waals surface area contributed by atoms with Crippen molar-refractivity contribution in [1.29, 1.82) is 0 Å². The van der Waals surface area contributed by atoms with Gasteiger partial charge in [0.1, 0.15) is 23.2 Å². The number of fused-ring (bicyclic) bond motifs is 1. The zero-order valence-corrected chi connectivity index (χ0v) is 24.6. The smallest absolute Gasteiger partial charge is 0.328 e. The molecule has 2 amide bonds. The molecule has 0 aliphatic carbocycles. The number of ketones is 1. The van der Waals surface area contributed by atoms with Crippen LogP contribution in [0.3, 0.4) is 0 Å². The summed E-state index contributed by atoms with van der Waals surface area (Å²) in [4.78, 5) is 50.9. The molecule has 3 rings (SSSR count). The van der Waals surface area contributed by atoms with Gasteiger partial charge in [-0.2, -0.15) is 0 Å². The third-order valence-corrected chi connectivity index (χ3v) is 6.85. The molecule has 12 heteroatoms. The van der Waals surface area contributed by atoms with Crippen molar-refractivity contribution in [1.82, 2.24) is 10.6 Å². The number of amides is 2. The molecule has 2 aromatic carbocycles. The summed E-state index contributed by atoms with van der Waals surface area (Å²) in [6.07, 6.45) is -1.10. The highest BCUT2D eigenvalue weighted by molar-refractivity contribution is 6.31. The summed E-state index contributed by atoms with van der Waals surface area (Å²) in [5.41, 5.74) is 5.56. The van der Waals surface area contributed by atoms with Crippen LogP contribution in [-0.2, 0) is 14.3 Å². The Labute approximate surface area is 243 Å². The van der Waals surface area contributed by atoms with Crippen LogP contribution in [0.2, 0.25) is 5.02 Å². The number of carbonyl (C=O) groups excluding carboxylic acids is 4. The minimum atomic E-state index is -1.16. The van der Waals surface area contributed by atoms with E-state index in [1.807, 2.05) is 0 Å². The lowest BCUT2D eigenvalue weighted by molar-refractivity contribution is -0.168. The number of benzene rings is 2. The fourth-order valence-electron chi connectivity index (χ4n) is 4.13. The maximum absolute atomic E-state index is 13.7. The van der Waals surface area contributed by atoms with E-state index in [1.165, 1.54) is 26.0 Å². The van der Waals surface area contributed by atoms with Gasteiger partial charge in [0.05, 0.1) is 17.1 Å². The van der Waals surface area contributed by atoms with Crippen molar-refractivity contribution in [3.8, 4) is 5.75 Å². The highest BCUT2D eigenvalue weighted by Gasteiger charge is 2.48. The van der Waals surface area contributed by atoms with Gasteiger partial charge < -0.3 is 25.8 Å². The van der Waals surface area contributed by atoms with E-state index >= 15 is 0 Å². The summed E-state index contributed by atoms with van der Waals surface area (Å²) < 4.78 is 25.7. The summed E-state index contributed by atoms with van der Waals surface area (Å²) in [5.74, 6) is -2.58. The predicted molar refractivity (Wildman–Crippen MR) is 150 cm³/mol. The van der Waals surface area contributed by atoms with Gasteiger partial charge >= 0.3 is 5.97 Å². The van der Waals surface area contributed by atoms with Gasteiger partial charge in [-0.05, 0) is 70.0 Å². The van der Waals surface area contributed by atoms with E-state index in [2.05, 4.69) is 10.6 Å². The van der Waals surface area contributed by atoms with Crippen molar-refractivity contribution in [2.45, 2.75) is 71.4 Å². The average molecular weight is 598 g/mol. The van der Waals surface area contributed by atoms with Gasteiger partial charge in [0.2, 0.25) is 5.91 Å². The quantitative estimate of drug-likeness (QED) is 0.307. The molecule has 2 aromatic rings. The molecular formula is C28H34Cl2FN3O6. The van der Waals surface area contributed by atoms with Crippen LogP contribution in [0, 0.1) is 11.7 Å². The van der Waals surface area contributed by atoms with Crippen molar-refractivity contribution in [3.63, 3.8) is 0 Å². The van der Waals surface area contributed by atoms with Gasteiger partial charge in [-0.1, -0.05) is 25.4 Å². The molecule has 0 radical (unpaired) electrons. The van der Waals surface area contributed by atoms with E-state index in [0.717, 1.165) is 6.07 Å². The summed E-state index contributed by atoms with van der Waals surface area (Å²) in [7, 11) is 0. The Morgan fingerprint density at radius 1 is 1.07 bits per heavy atom. The summed E-state index contributed by atoms with van der Waals surface area (Å²) in [6, 6.07) is 5.42. The van der Waals surface area contributed by atoms with Crippen LogP contribution in [0.4, 0.5) is 4.39 Å². The van der Waals surface area contributed by atoms with E-state index in [0.29, 0.717) is 16.9 Å². The number of esters is 1. The van der Waals surface area contributed by atoms with E-state index in [9.17, 15) is 23.6 Å². The SMILES string of the molecule is CC(=O)c1ccc2c(c1)[C@H](NC(=O)c1ccc(F)c(Cl)c1)[C@H](OC(=O)[C@H](C)NC(=O)[C@@H](N)C(C)C)C(C)(C)O2.Cl. The highest BCUT2D eigenvalue weighted by Crippen LogP contribution is 2.42. The normalized spacial score (nSPS) is 18.8. The third kappa shape index (κ3) is 7.30. The Morgan fingerprint density at radius 3 is 2.27 bits per heavy atom. The van der Waals surface area contributed by atoms with Crippen LogP contribution >= 0.6 is 24.0 Å². The number of nitrogens with two attached hydrogens (primary N) is 1. The van der Waals surface area contributed by atoms with Crippen LogP contribution in [0.15, 0.2) is 36.4 Å². The van der Waals surface area contributed by atoms with E-state index < -0.39 is 53.4 Å². The van der Waals surface area contributed by atoms with Gasteiger partial charge in [0, 0.05) is 16.7 Å². The summed E-state index contributed by atoms with van der Waals surface area (Å²) >= 11 is 5.87. The average Bonchev–Trinajstić information content (AvgIpc) is 2.86. The molecule has 0 spiro atoms. The molecule has 4 atom stereocenters. The monoisotopic (exact) mass is 597 g/mol. The Morgan fingerprint density at radius 2 is 1.70 bits per heavy atom. The van der Waals surface area contributed by atoms with Gasteiger partial charge in [0.25, 0.3) is 5.91 Å². The molecule has 40 heavy (non-hydrogen) atoms. The number of Topliss-reactive ketones (excluding diaryl/α,β-unsaturated/α-hetero) is 1. The molecule has 0 fully saturated rings. The maximum Gasteiger partial charge on any atom is 0.328 e. The van der Waals surface area contributed by atoms with E-state index in [4.69, 9.17) is 26.8 Å². The lowest BCUT2D eigenvalue weighted by atomic mass is 9.85. The van der Waals surface area contributed by atoms with E-state index in [1.54, 1.807) is 45.9 Å². The lowest BCUT2D eigenvalue weighted by Crippen LogP contribution is -2.57. The van der Waals surface area contributed by atoms with Crippen molar-refractivity contribution >= 4 is 47.6 Å². The summed E-state index contributed by atoms with van der Waals surface area (Å²) in [5, 5.41) is 5.15. The minimum Gasteiger partial charge on any atom is -0.484 e. The molecule has 0 saturated carbocycles. The van der Waals surface area contributed by atoms with Gasteiger partial charge in [-0.15, -0.1) is 12.4 Å². The van der Waals surface area contributed by atoms with E-state index in [-0.39, 0.29) is 34.7 Å². The molecule has 9 nitrogen and oxygen atoms in total. The topological polar surface area (TPSA) is 137 Å². The molecule has 0 saturated heterocycles. The molecule has 1 aliphatic rings. The first-order chi connectivity index (χ1) is 18.1. The standard InChI is InChI=1S/C28H33ClFN3O6.ClH/c1-13(2)22(31)26(36)32-14(3)27(37)38-24-23(33-25(35)17-7-9-20(30)19(29)12-17)18-11-16(15(4)34)8-10-21(18)39-28(24,5)6;/h7-14,22-24H,31H2,1-6H3,(H,32,36)(H,33,35);1H/t14-,22-,23-,24-;/m0./s1. The zero-order valence-electron chi connectivity index (χ0n) is 23.0. The number of hydrogen-bond acceptors (Lipinski definition) is 7. The van der Waals surface area contributed by atoms with Crippen LogP contribution in [0.1, 0.15) is 73.9 Å². The molecule has 0 bridgehead atoms. The fraction of sp³-hybridized carbons (Fsp3) is 0.429. The number of hydrogen-bond donors (Lipinski definition) is 3. The Balaban J connectivity index is 0.00000560. The zero-order chi connectivity index (χ0) is 29.2. The van der Waals surface area contributed by atoms with Crippen molar-refractivity contribution in [2.75, 3.05) is 0 Å². The number of ether oxygens (including phenoxy) is 2. The second kappa shape index (κ2) is 13.0. The maximum atomic E-state index is 13.7. The highest BCUT2D eigenvalue weighted by atomic mass is 35.5. The van der Waals surface area contributed by atoms with Gasteiger partial charge in [-0.25, -0.2) is 9.18 Å². The molecule has 1 aliphatic heterocycles. The Kier molecular flexibility index (Phi) is 10.7. The first-order valence-corrected chi connectivity index (χ1v) is 12.9. The second-order valence-corrected chi connectivity index (χ2v) is 10.9. The van der Waals surface area contributed by atoms with Crippen LogP contribution in [0.25, 0.3) is 0 Å². The van der Waals surface area contributed by atoms with Gasteiger partial charge in [-0.3, -0.25) is 14.4 Å². The molecule has 4 N–H and O–H groups in total. The number of rotatable bonds is 8. The molecular weight excluding hydrogens is 564 g/mol. The Bertz CT molecular complexity index is 1300. The largest absolute Gasteiger partial charge is 0.484 e. The first-order valence-electron chi connectivity index (χ1n) is 12.5. The molecule has 0 unspecified atom stereocenters. The van der Waals surface area contributed by atoms with Crippen molar-refractivity contribution in [3.05, 3.63) is 63.9 Å². The minimum absolute atomic E-state index is 0. The number of nitrogens with one attached hydrogen (secondary N) is 2. The lowest BCUT2D eigenvalue weighted by Gasteiger charge is -2.44. The van der Waals surface area contributed by atoms with Crippen LogP contribution in [-0.4, -0.2) is 47.4 Å². The number of halogens is 3. The Hall–Kier alpha value is -3.21. The third-order valence-electron chi connectivity index (χ3n) is 6.56. The van der Waals surface area contributed by atoms with Crippen molar-refractivity contribution in [2.24, 2.45) is 11.7 Å². The van der Waals surface area contributed by atoms with Crippen LogP contribution in [0.5, 0.6) is 5.75 Å². The molecule has 218 valence electrons. The molecule has 0 aromatic heterocycles. The molecule has 1 heterocycles. The first kappa shape index (κ1) is 33.0. The fourth-order valence-corrected chi connectivity index (χ4v) is 4.31. The van der Waals surface area contributed by atoms with Gasteiger partial charge in [0.15, 0.2) is 11.9 Å². The number of carbonyl (C=O) groups is 4. The van der Waals surface area contributed by atoms with Crippen LogP contribution < -0.4 is 21.1 Å². The predicted octanol–water partition coefficient (Wildman–Crippen LogP) is 4.15.